The van der Waals surface area contributed by atoms with E-state index in [4.69, 9.17) is 0 Å². The van der Waals surface area contributed by atoms with Gasteiger partial charge in [-0.2, -0.15) is 0 Å². The van der Waals surface area contributed by atoms with Crippen molar-refractivity contribution in [2.24, 2.45) is 0 Å². The first-order valence-corrected chi connectivity index (χ1v) is 9.19. The van der Waals surface area contributed by atoms with E-state index in [1.807, 2.05) is 20.8 Å². The molecule has 3 aromatic heterocycles. The van der Waals surface area contributed by atoms with Gasteiger partial charge in [0, 0.05) is 24.6 Å². The van der Waals surface area contributed by atoms with Gasteiger partial charge in [-0.1, -0.05) is 20.8 Å². The number of hydrogen-bond donors (Lipinski definition) is 2. The van der Waals surface area contributed by atoms with Gasteiger partial charge in [-0.05, 0) is 24.3 Å². The molecule has 0 aliphatic carbocycles. The van der Waals surface area contributed by atoms with Crippen LogP contribution < -0.4 is 5.32 Å². The van der Waals surface area contributed by atoms with Crippen molar-refractivity contribution in [1.82, 2.24) is 29.9 Å². The standard InChI is InChI=1S/C20H20F2N6O/c1-20(2,3)19-27-26-17-13(8-12(22)10-28(17)19)18(29)23-7-6-16-24-14-5-4-11(21)9-15(14)25-16/h4-5,8-10H,6-7H2,1-3H3,(H,23,29)(H,24,25). The van der Waals surface area contributed by atoms with Crippen LogP contribution in [0.3, 0.4) is 0 Å². The van der Waals surface area contributed by atoms with Crippen LogP contribution in [-0.4, -0.2) is 37.0 Å². The minimum atomic E-state index is -0.549. The minimum absolute atomic E-state index is 0.111. The molecule has 4 aromatic rings. The summed E-state index contributed by atoms with van der Waals surface area (Å²) in [6.45, 7) is 6.08. The van der Waals surface area contributed by atoms with Crippen LogP contribution in [0.5, 0.6) is 0 Å². The normalized spacial score (nSPS) is 12.0. The van der Waals surface area contributed by atoms with Crippen molar-refractivity contribution < 1.29 is 13.6 Å². The van der Waals surface area contributed by atoms with Gasteiger partial charge in [0.05, 0.1) is 16.6 Å². The van der Waals surface area contributed by atoms with Crippen molar-refractivity contribution in [3.05, 3.63) is 59.3 Å². The van der Waals surface area contributed by atoms with E-state index in [1.54, 1.807) is 6.07 Å². The number of hydrogen-bond acceptors (Lipinski definition) is 4. The van der Waals surface area contributed by atoms with E-state index in [0.29, 0.717) is 34.8 Å². The summed E-state index contributed by atoms with van der Waals surface area (Å²) >= 11 is 0. The summed E-state index contributed by atoms with van der Waals surface area (Å²) in [5.41, 5.74) is 1.30. The lowest BCUT2D eigenvalue weighted by Crippen LogP contribution is -2.27. The molecule has 0 fully saturated rings. The molecule has 2 N–H and O–H groups in total. The Hall–Kier alpha value is -3.36. The lowest BCUT2D eigenvalue weighted by molar-refractivity contribution is 0.0954. The number of aromatic amines is 1. The van der Waals surface area contributed by atoms with Crippen LogP contribution >= 0.6 is 0 Å². The predicted octanol–water partition coefficient (Wildman–Crippen LogP) is 3.15. The summed E-state index contributed by atoms with van der Waals surface area (Å²) in [5.74, 6) is -0.167. The zero-order chi connectivity index (χ0) is 20.8. The number of carbonyl (C=O) groups excluding carboxylic acids is 1. The molecule has 1 amide bonds. The van der Waals surface area contributed by atoms with Crippen molar-refractivity contribution in [3.63, 3.8) is 0 Å². The first kappa shape index (κ1) is 19.0. The topological polar surface area (TPSA) is 88.0 Å². The molecule has 9 heteroatoms. The predicted molar refractivity (Wildman–Crippen MR) is 104 cm³/mol. The molecule has 0 saturated heterocycles. The van der Waals surface area contributed by atoms with Crippen molar-refractivity contribution in [2.75, 3.05) is 6.54 Å². The molecule has 0 atom stereocenters. The first-order chi connectivity index (χ1) is 13.7. The highest BCUT2D eigenvalue weighted by Gasteiger charge is 2.24. The van der Waals surface area contributed by atoms with E-state index in [0.717, 1.165) is 6.07 Å². The minimum Gasteiger partial charge on any atom is -0.351 e. The summed E-state index contributed by atoms with van der Waals surface area (Å²) in [6.07, 6.45) is 1.69. The summed E-state index contributed by atoms with van der Waals surface area (Å²) in [7, 11) is 0. The summed E-state index contributed by atoms with van der Waals surface area (Å²) < 4.78 is 28.9. The van der Waals surface area contributed by atoms with Crippen LogP contribution in [0.15, 0.2) is 30.5 Å². The highest BCUT2D eigenvalue weighted by atomic mass is 19.1. The van der Waals surface area contributed by atoms with E-state index in [1.165, 1.54) is 22.7 Å². The van der Waals surface area contributed by atoms with Gasteiger partial charge in [0.15, 0.2) is 5.65 Å². The quantitative estimate of drug-likeness (QED) is 0.553. The molecule has 0 bridgehead atoms. The number of fused-ring (bicyclic) bond motifs is 2. The number of H-pyrrole nitrogens is 1. The molecule has 0 unspecified atom stereocenters. The molecular weight excluding hydrogens is 378 g/mol. The Kier molecular flexibility index (Phi) is 4.52. The first-order valence-electron chi connectivity index (χ1n) is 9.19. The fourth-order valence-electron chi connectivity index (χ4n) is 3.18. The van der Waals surface area contributed by atoms with Gasteiger partial charge < -0.3 is 10.3 Å². The number of halogens is 2. The number of carbonyl (C=O) groups is 1. The fourth-order valence-corrected chi connectivity index (χ4v) is 3.18. The van der Waals surface area contributed by atoms with Crippen LogP contribution in [0.2, 0.25) is 0 Å². The van der Waals surface area contributed by atoms with Crippen LogP contribution in [0.25, 0.3) is 16.7 Å². The van der Waals surface area contributed by atoms with Crippen molar-refractivity contribution in [3.8, 4) is 0 Å². The Morgan fingerprint density at radius 3 is 2.72 bits per heavy atom. The molecule has 29 heavy (non-hydrogen) atoms. The number of pyridine rings is 1. The fraction of sp³-hybridized carbons (Fsp3) is 0.300. The molecule has 1 aromatic carbocycles. The number of nitrogens with one attached hydrogen (secondary N) is 2. The van der Waals surface area contributed by atoms with Gasteiger partial charge in [-0.25, -0.2) is 13.8 Å². The Bertz CT molecular complexity index is 1220. The molecule has 0 saturated carbocycles. The Morgan fingerprint density at radius 2 is 1.97 bits per heavy atom. The zero-order valence-corrected chi connectivity index (χ0v) is 16.3. The number of aromatic nitrogens is 5. The lowest BCUT2D eigenvalue weighted by Gasteiger charge is -2.16. The zero-order valence-electron chi connectivity index (χ0n) is 16.3. The molecule has 4 rings (SSSR count). The summed E-state index contributed by atoms with van der Waals surface area (Å²) in [4.78, 5) is 20.0. The average molecular weight is 398 g/mol. The molecule has 0 aliphatic heterocycles. The molecular formula is C20H20F2N6O. The van der Waals surface area contributed by atoms with E-state index in [-0.39, 0.29) is 23.3 Å². The monoisotopic (exact) mass is 398 g/mol. The molecule has 7 nitrogen and oxygen atoms in total. The van der Waals surface area contributed by atoms with E-state index >= 15 is 0 Å². The summed E-state index contributed by atoms with van der Waals surface area (Å²) in [6, 6.07) is 5.45. The maximum atomic E-state index is 14.1. The highest BCUT2D eigenvalue weighted by molar-refractivity contribution is 5.99. The second-order valence-electron chi connectivity index (χ2n) is 7.89. The molecule has 3 heterocycles. The van der Waals surface area contributed by atoms with Gasteiger partial charge in [0.1, 0.15) is 23.3 Å². The number of rotatable bonds is 4. The second kappa shape index (κ2) is 6.91. The number of imidazole rings is 1. The van der Waals surface area contributed by atoms with Crippen LogP contribution in [0.1, 0.15) is 42.8 Å². The molecule has 0 radical (unpaired) electrons. The lowest BCUT2D eigenvalue weighted by atomic mass is 9.96. The van der Waals surface area contributed by atoms with Crippen molar-refractivity contribution in [2.45, 2.75) is 32.6 Å². The van der Waals surface area contributed by atoms with Gasteiger partial charge in [0.25, 0.3) is 5.91 Å². The number of nitrogens with zero attached hydrogens (tertiary/aromatic N) is 4. The third-order valence-corrected chi connectivity index (χ3v) is 4.53. The molecule has 0 spiro atoms. The second-order valence-corrected chi connectivity index (χ2v) is 7.89. The van der Waals surface area contributed by atoms with Crippen molar-refractivity contribution in [1.29, 1.82) is 0 Å². The Morgan fingerprint density at radius 1 is 1.17 bits per heavy atom. The maximum Gasteiger partial charge on any atom is 0.255 e. The van der Waals surface area contributed by atoms with Gasteiger partial charge in [-0.15, -0.1) is 10.2 Å². The maximum absolute atomic E-state index is 14.1. The Labute approximate surface area is 165 Å². The number of benzene rings is 1. The van der Waals surface area contributed by atoms with E-state index < -0.39 is 11.7 Å². The molecule has 150 valence electrons. The van der Waals surface area contributed by atoms with Crippen LogP contribution in [0, 0.1) is 11.6 Å². The smallest absolute Gasteiger partial charge is 0.255 e. The molecule has 0 aliphatic rings. The third-order valence-electron chi connectivity index (χ3n) is 4.53. The van der Waals surface area contributed by atoms with Crippen LogP contribution in [-0.2, 0) is 11.8 Å². The highest BCUT2D eigenvalue weighted by Crippen LogP contribution is 2.23. The SMILES string of the molecule is CC(C)(C)c1nnc2c(C(=O)NCCc3nc4ccc(F)cc4[nH]3)cc(F)cn12. The largest absolute Gasteiger partial charge is 0.351 e. The van der Waals surface area contributed by atoms with Gasteiger partial charge >= 0.3 is 0 Å². The van der Waals surface area contributed by atoms with Crippen LogP contribution in [0.4, 0.5) is 8.78 Å². The average Bonchev–Trinajstić information content (AvgIpc) is 3.23. The van der Waals surface area contributed by atoms with E-state index in [2.05, 4.69) is 25.5 Å². The van der Waals surface area contributed by atoms with E-state index in [9.17, 15) is 13.6 Å². The summed E-state index contributed by atoms with van der Waals surface area (Å²) in [5, 5.41) is 11.0. The van der Waals surface area contributed by atoms with Gasteiger partial charge in [-0.3, -0.25) is 9.20 Å². The number of amides is 1. The third kappa shape index (κ3) is 3.67. The van der Waals surface area contributed by atoms with Gasteiger partial charge in [0.2, 0.25) is 0 Å². The van der Waals surface area contributed by atoms with Crippen molar-refractivity contribution >= 4 is 22.6 Å². The Balaban J connectivity index is 1.52.